The fraction of sp³-hybridized carbons (Fsp3) is 0.367. The molecule has 1 aliphatic rings. The number of hydrogen-bond acceptors (Lipinski definition) is 5. The number of carbonyl (C=O) groups is 1. The van der Waals surface area contributed by atoms with Gasteiger partial charge in [-0.25, -0.2) is 4.98 Å². The number of ether oxygens (including phenoxy) is 1. The van der Waals surface area contributed by atoms with Crippen molar-refractivity contribution in [3.8, 4) is 5.88 Å². The maximum absolute atomic E-state index is 12.0. The Bertz CT molecular complexity index is 1440. The lowest BCUT2D eigenvalue weighted by Gasteiger charge is -2.25. The van der Waals surface area contributed by atoms with Crippen LogP contribution in [0.2, 0.25) is 0 Å². The lowest BCUT2D eigenvalue weighted by Crippen LogP contribution is -2.32. The van der Waals surface area contributed by atoms with Crippen molar-refractivity contribution in [3.63, 3.8) is 0 Å². The maximum atomic E-state index is 12.0. The summed E-state index contributed by atoms with van der Waals surface area (Å²) in [6, 6.07) is 14.5. The van der Waals surface area contributed by atoms with Gasteiger partial charge in [-0.05, 0) is 60.2 Å². The Morgan fingerprint density at radius 2 is 2.05 bits per heavy atom. The van der Waals surface area contributed by atoms with Crippen molar-refractivity contribution >= 4 is 16.9 Å². The van der Waals surface area contributed by atoms with E-state index in [1.807, 2.05) is 30.1 Å². The van der Waals surface area contributed by atoms with Crippen LogP contribution in [-0.4, -0.2) is 43.4 Å². The molecule has 1 N–H and O–H groups in total. The van der Waals surface area contributed by atoms with Crippen LogP contribution in [0.1, 0.15) is 59.1 Å². The van der Waals surface area contributed by atoms with E-state index in [0.29, 0.717) is 0 Å². The monoisotopic (exact) mass is 498 g/mol. The molecule has 37 heavy (non-hydrogen) atoms. The molecule has 4 aromatic rings. The van der Waals surface area contributed by atoms with Gasteiger partial charge in [0.15, 0.2) is 0 Å². The summed E-state index contributed by atoms with van der Waals surface area (Å²) in [7, 11) is 1.92. The highest BCUT2D eigenvalue weighted by molar-refractivity contribution is 5.84. The maximum Gasteiger partial charge on any atom is 0.304 e. The number of pyridine rings is 1. The van der Waals surface area contributed by atoms with E-state index in [9.17, 15) is 9.90 Å². The van der Waals surface area contributed by atoms with E-state index in [-0.39, 0.29) is 18.4 Å². The van der Waals surface area contributed by atoms with Crippen LogP contribution in [0.25, 0.3) is 10.9 Å². The number of hydrogen-bond donors (Lipinski definition) is 1. The van der Waals surface area contributed by atoms with E-state index >= 15 is 0 Å². The minimum atomic E-state index is -0.808. The van der Waals surface area contributed by atoms with Gasteiger partial charge in [0.25, 0.3) is 0 Å². The Morgan fingerprint density at radius 3 is 2.84 bits per heavy atom. The number of aryl methyl sites for hydroxylation is 3. The van der Waals surface area contributed by atoms with Crippen molar-refractivity contribution < 1.29 is 14.6 Å². The number of nitrogens with zero attached hydrogens (tertiary/aromatic N) is 4. The van der Waals surface area contributed by atoms with Crippen molar-refractivity contribution in [3.05, 3.63) is 88.2 Å². The van der Waals surface area contributed by atoms with E-state index in [1.165, 1.54) is 11.1 Å². The Labute approximate surface area is 217 Å². The predicted octanol–water partition coefficient (Wildman–Crippen LogP) is 5.36. The van der Waals surface area contributed by atoms with Gasteiger partial charge >= 0.3 is 5.97 Å². The number of rotatable bonds is 7. The minimum Gasteiger partial charge on any atom is -0.481 e. The molecule has 0 radical (unpaired) electrons. The van der Waals surface area contributed by atoms with Crippen LogP contribution in [-0.2, 0) is 24.9 Å². The number of carboxylic acid groups (broad SMARTS) is 1. The summed E-state index contributed by atoms with van der Waals surface area (Å²) in [5, 5.41) is 15.3. The quantitative estimate of drug-likeness (QED) is 0.369. The summed E-state index contributed by atoms with van der Waals surface area (Å²) in [4.78, 5) is 18.8. The lowest BCUT2D eigenvalue weighted by molar-refractivity contribution is -0.137. The fourth-order valence-corrected chi connectivity index (χ4v) is 5.43. The smallest absolute Gasteiger partial charge is 0.304 e. The topological polar surface area (TPSA) is 80.5 Å². The SMILES string of the molecule is CC[C@@H]1CN(Cc2cc(C(CC(=O)O)c3ccc4c(cnn4C)c3C)ccc2C)Cc2cccnc2O1. The third-order valence-electron chi connectivity index (χ3n) is 7.61. The molecule has 2 atom stereocenters. The molecule has 3 heterocycles. The molecule has 0 saturated heterocycles. The second-order valence-electron chi connectivity index (χ2n) is 10.1. The van der Waals surface area contributed by atoms with Crippen molar-refractivity contribution in [1.29, 1.82) is 0 Å². The van der Waals surface area contributed by atoms with E-state index in [0.717, 1.165) is 65.1 Å². The number of benzene rings is 2. The van der Waals surface area contributed by atoms with E-state index in [2.05, 4.69) is 66.1 Å². The molecule has 1 unspecified atom stereocenters. The first-order chi connectivity index (χ1) is 17.8. The van der Waals surface area contributed by atoms with Crippen molar-refractivity contribution in [2.45, 2.75) is 58.7 Å². The molecule has 0 fully saturated rings. The molecule has 0 amide bonds. The molecule has 2 aromatic carbocycles. The summed E-state index contributed by atoms with van der Waals surface area (Å²) < 4.78 is 8.04. The second-order valence-corrected chi connectivity index (χ2v) is 10.1. The fourth-order valence-electron chi connectivity index (χ4n) is 5.43. The highest BCUT2D eigenvalue weighted by Gasteiger charge is 2.25. The van der Waals surface area contributed by atoms with Gasteiger partial charge in [0.1, 0.15) is 6.10 Å². The number of carboxylic acids is 1. The average molecular weight is 499 g/mol. The summed E-state index contributed by atoms with van der Waals surface area (Å²) in [5.41, 5.74) is 7.68. The number of fused-ring (bicyclic) bond motifs is 2. The Kier molecular flexibility index (Phi) is 6.98. The standard InChI is InChI=1S/C30H34N4O3/c1-5-24-18-34(16-22-7-6-12-31-30(22)37-24)17-23-13-21(9-8-19(23)2)26(14-29(35)36)25-10-11-28-27(20(25)3)15-32-33(28)4/h6-13,15,24,26H,5,14,16-18H2,1-4H3,(H,35,36)/t24-,26?/m1/s1. The van der Waals surface area contributed by atoms with Crippen LogP contribution in [0, 0.1) is 13.8 Å². The third kappa shape index (κ3) is 5.09. The first kappa shape index (κ1) is 25.0. The molecule has 2 aromatic heterocycles. The van der Waals surface area contributed by atoms with E-state index in [1.54, 1.807) is 6.20 Å². The predicted molar refractivity (Wildman–Crippen MR) is 144 cm³/mol. The summed E-state index contributed by atoms with van der Waals surface area (Å²) in [5.74, 6) is -0.329. The molecular weight excluding hydrogens is 464 g/mol. The van der Waals surface area contributed by atoms with Crippen molar-refractivity contribution in [2.24, 2.45) is 7.05 Å². The van der Waals surface area contributed by atoms with Gasteiger partial charge in [0.05, 0.1) is 18.1 Å². The zero-order valence-electron chi connectivity index (χ0n) is 21.9. The normalized spacial score (nSPS) is 16.7. The molecule has 7 heteroatoms. The third-order valence-corrected chi connectivity index (χ3v) is 7.61. The van der Waals surface area contributed by atoms with Gasteiger partial charge in [-0.1, -0.05) is 37.3 Å². The van der Waals surface area contributed by atoms with Crippen LogP contribution >= 0.6 is 0 Å². The Balaban J connectivity index is 1.50. The Hall–Kier alpha value is -3.71. The molecule has 0 aliphatic carbocycles. The molecule has 0 bridgehead atoms. The summed E-state index contributed by atoms with van der Waals surface area (Å²) >= 11 is 0. The second kappa shape index (κ2) is 10.3. The molecular formula is C30H34N4O3. The highest BCUT2D eigenvalue weighted by Crippen LogP contribution is 2.35. The van der Waals surface area contributed by atoms with Gasteiger partial charge in [-0.2, -0.15) is 5.10 Å². The number of aromatic nitrogens is 3. The van der Waals surface area contributed by atoms with Crippen LogP contribution in [0.5, 0.6) is 5.88 Å². The minimum absolute atomic E-state index is 0.0314. The summed E-state index contributed by atoms with van der Waals surface area (Å²) in [6.07, 6.45) is 4.66. The van der Waals surface area contributed by atoms with Crippen molar-refractivity contribution in [1.82, 2.24) is 19.7 Å². The molecule has 7 nitrogen and oxygen atoms in total. The molecule has 192 valence electrons. The first-order valence-corrected chi connectivity index (χ1v) is 12.9. The lowest BCUT2D eigenvalue weighted by atomic mass is 9.84. The largest absolute Gasteiger partial charge is 0.481 e. The number of aliphatic carboxylic acids is 1. The van der Waals surface area contributed by atoms with Gasteiger partial charge < -0.3 is 9.84 Å². The van der Waals surface area contributed by atoms with Gasteiger partial charge in [0, 0.05) is 49.7 Å². The highest BCUT2D eigenvalue weighted by atomic mass is 16.5. The van der Waals surface area contributed by atoms with E-state index in [4.69, 9.17) is 4.74 Å². The van der Waals surface area contributed by atoms with Crippen LogP contribution in [0.15, 0.2) is 54.9 Å². The molecule has 0 saturated carbocycles. The van der Waals surface area contributed by atoms with Gasteiger partial charge in [-0.15, -0.1) is 0 Å². The van der Waals surface area contributed by atoms with Gasteiger partial charge in [0.2, 0.25) is 5.88 Å². The average Bonchev–Trinajstić information content (AvgIpc) is 3.16. The first-order valence-electron chi connectivity index (χ1n) is 12.9. The van der Waals surface area contributed by atoms with Crippen LogP contribution in [0.4, 0.5) is 0 Å². The zero-order valence-corrected chi connectivity index (χ0v) is 21.9. The molecule has 1 aliphatic heterocycles. The summed E-state index contributed by atoms with van der Waals surface area (Å²) in [6.45, 7) is 8.66. The van der Waals surface area contributed by atoms with Crippen LogP contribution in [0.3, 0.4) is 0 Å². The Morgan fingerprint density at radius 1 is 1.22 bits per heavy atom. The molecule has 5 rings (SSSR count). The molecule has 0 spiro atoms. The van der Waals surface area contributed by atoms with Crippen molar-refractivity contribution in [2.75, 3.05) is 6.54 Å². The van der Waals surface area contributed by atoms with Gasteiger partial charge in [-0.3, -0.25) is 14.4 Å². The van der Waals surface area contributed by atoms with E-state index < -0.39 is 5.97 Å². The van der Waals surface area contributed by atoms with Crippen LogP contribution < -0.4 is 4.74 Å². The zero-order chi connectivity index (χ0) is 26.1.